The van der Waals surface area contributed by atoms with Gasteiger partial charge in [0.1, 0.15) is 5.65 Å². The molecule has 2 aromatic rings. The van der Waals surface area contributed by atoms with Crippen LogP contribution in [-0.4, -0.2) is 20.3 Å². The van der Waals surface area contributed by atoms with Crippen molar-refractivity contribution in [2.24, 2.45) is 4.99 Å². The molecule has 120 valence electrons. The summed E-state index contributed by atoms with van der Waals surface area (Å²) in [5, 5.41) is 2.61. The number of nitrogens with zero attached hydrogens (tertiary/aromatic N) is 2. The van der Waals surface area contributed by atoms with Crippen molar-refractivity contribution in [2.45, 2.75) is 32.6 Å². The van der Waals surface area contributed by atoms with Crippen LogP contribution in [0.2, 0.25) is 0 Å². The van der Waals surface area contributed by atoms with Crippen LogP contribution in [0.15, 0.2) is 66.0 Å². The lowest BCUT2D eigenvalue weighted by molar-refractivity contribution is 1.08. The van der Waals surface area contributed by atoms with Crippen molar-refractivity contribution in [2.75, 3.05) is 0 Å². The number of fused-ring (bicyclic) bond motifs is 1. The van der Waals surface area contributed by atoms with Gasteiger partial charge >= 0.3 is 0 Å². The fourth-order valence-corrected chi connectivity index (χ4v) is 3.03. The fourth-order valence-electron chi connectivity index (χ4n) is 2.16. The predicted molar refractivity (Wildman–Crippen MR) is 103 cm³/mol. The Hall–Kier alpha value is -2.07. The number of thioether (sulfide) groups is 1. The van der Waals surface area contributed by atoms with E-state index < -0.39 is 0 Å². The van der Waals surface area contributed by atoms with Crippen molar-refractivity contribution >= 4 is 27.8 Å². The van der Waals surface area contributed by atoms with Crippen LogP contribution in [0, 0.1) is 0 Å². The van der Waals surface area contributed by atoms with Gasteiger partial charge in [-0.05, 0) is 24.6 Å². The largest absolute Gasteiger partial charge is 0.346 e. The third-order valence-corrected chi connectivity index (χ3v) is 4.29. The van der Waals surface area contributed by atoms with E-state index in [1.54, 1.807) is 11.8 Å². The molecule has 0 aliphatic heterocycles. The summed E-state index contributed by atoms with van der Waals surface area (Å²) < 4.78 is 0. The van der Waals surface area contributed by atoms with Crippen LogP contribution in [0.5, 0.6) is 0 Å². The molecule has 0 spiro atoms. The molecule has 0 saturated heterocycles. The Labute approximate surface area is 142 Å². The predicted octanol–water partition coefficient (Wildman–Crippen LogP) is 5.29. The van der Waals surface area contributed by atoms with Crippen LogP contribution >= 0.6 is 11.8 Å². The van der Waals surface area contributed by atoms with Crippen LogP contribution in [0.3, 0.4) is 0 Å². The van der Waals surface area contributed by atoms with E-state index in [4.69, 9.17) is 4.99 Å². The van der Waals surface area contributed by atoms with Gasteiger partial charge in [0.15, 0.2) is 0 Å². The smallest absolute Gasteiger partial charge is 0.137 e. The molecule has 0 radical (unpaired) electrons. The highest BCUT2D eigenvalue weighted by molar-refractivity contribution is 8.14. The molecule has 0 saturated carbocycles. The average molecular weight is 325 g/mol. The summed E-state index contributed by atoms with van der Waals surface area (Å²) in [5.74, 6) is 0. The number of hydrogen-bond donors (Lipinski definition) is 1. The number of aliphatic imine (C=N–C) groups is 1. The Kier molecular flexibility index (Phi) is 6.41. The lowest BCUT2D eigenvalue weighted by atomic mass is 10.2. The van der Waals surface area contributed by atoms with Crippen LogP contribution in [0.1, 0.15) is 26.3 Å². The Bertz CT molecular complexity index is 751. The standard InChI is InChI=1S/C19H23N3S/c1-5-7-8-15(6-2)19(23-14(3)4)22-13-16-9-11-20-18-17(16)10-12-21-18/h5-12,14H,2,13H2,1,3-4H3,(H,20,21)/b7-5-,15-8+,22-19-. The van der Waals surface area contributed by atoms with E-state index in [-0.39, 0.29) is 0 Å². The van der Waals surface area contributed by atoms with E-state index in [0.717, 1.165) is 21.7 Å². The van der Waals surface area contributed by atoms with E-state index in [9.17, 15) is 0 Å². The van der Waals surface area contributed by atoms with E-state index in [2.05, 4.69) is 36.5 Å². The molecule has 0 amide bonds. The maximum absolute atomic E-state index is 4.85. The minimum absolute atomic E-state index is 0.465. The Morgan fingerprint density at radius 2 is 2.26 bits per heavy atom. The second kappa shape index (κ2) is 8.53. The van der Waals surface area contributed by atoms with Gasteiger partial charge in [0, 0.05) is 28.6 Å². The van der Waals surface area contributed by atoms with Gasteiger partial charge in [0.2, 0.25) is 0 Å². The topological polar surface area (TPSA) is 41.0 Å². The molecule has 0 aliphatic rings. The van der Waals surface area contributed by atoms with Crippen molar-refractivity contribution in [3.63, 3.8) is 0 Å². The van der Waals surface area contributed by atoms with Crippen molar-refractivity contribution in [1.29, 1.82) is 0 Å². The molecule has 2 aromatic heterocycles. The molecule has 0 bridgehead atoms. The van der Waals surface area contributed by atoms with Gasteiger partial charge in [0.25, 0.3) is 0 Å². The maximum Gasteiger partial charge on any atom is 0.137 e. The van der Waals surface area contributed by atoms with Crippen LogP contribution in [-0.2, 0) is 6.54 Å². The van der Waals surface area contributed by atoms with Gasteiger partial charge in [-0.2, -0.15) is 0 Å². The summed E-state index contributed by atoms with van der Waals surface area (Å²) in [6.07, 6.45) is 11.7. The number of pyridine rings is 1. The van der Waals surface area contributed by atoms with Crippen molar-refractivity contribution in [1.82, 2.24) is 9.97 Å². The molecular weight excluding hydrogens is 302 g/mol. The highest BCUT2D eigenvalue weighted by atomic mass is 32.2. The molecule has 0 aromatic carbocycles. The third-order valence-electron chi connectivity index (χ3n) is 3.23. The van der Waals surface area contributed by atoms with E-state index in [1.165, 1.54) is 5.56 Å². The average Bonchev–Trinajstić information content (AvgIpc) is 3.01. The Morgan fingerprint density at radius 1 is 1.43 bits per heavy atom. The molecule has 4 heteroatoms. The monoisotopic (exact) mass is 325 g/mol. The van der Waals surface area contributed by atoms with Crippen molar-refractivity contribution in [3.05, 3.63) is 66.5 Å². The highest BCUT2D eigenvalue weighted by Crippen LogP contribution is 2.22. The normalized spacial score (nSPS) is 13.4. The minimum atomic E-state index is 0.465. The number of aromatic nitrogens is 2. The van der Waals surface area contributed by atoms with E-state index in [0.29, 0.717) is 11.8 Å². The van der Waals surface area contributed by atoms with Gasteiger partial charge in [-0.1, -0.05) is 44.7 Å². The summed E-state index contributed by atoms with van der Waals surface area (Å²) in [5.41, 5.74) is 3.14. The Balaban J connectivity index is 2.33. The van der Waals surface area contributed by atoms with Crippen LogP contribution in [0.25, 0.3) is 11.0 Å². The summed E-state index contributed by atoms with van der Waals surface area (Å²) in [4.78, 5) is 12.3. The van der Waals surface area contributed by atoms with Gasteiger partial charge in [-0.3, -0.25) is 4.99 Å². The molecular formula is C19H23N3S. The molecule has 23 heavy (non-hydrogen) atoms. The second-order valence-electron chi connectivity index (χ2n) is 5.35. The highest BCUT2D eigenvalue weighted by Gasteiger charge is 2.08. The molecule has 0 unspecified atom stereocenters. The summed E-state index contributed by atoms with van der Waals surface area (Å²) in [6, 6.07) is 4.08. The summed E-state index contributed by atoms with van der Waals surface area (Å²) in [6.45, 7) is 10.9. The number of rotatable bonds is 6. The summed E-state index contributed by atoms with van der Waals surface area (Å²) in [7, 11) is 0. The lowest BCUT2D eigenvalue weighted by Crippen LogP contribution is -2.02. The molecule has 1 N–H and O–H groups in total. The second-order valence-corrected chi connectivity index (χ2v) is 6.92. The van der Waals surface area contributed by atoms with E-state index in [1.807, 2.05) is 49.7 Å². The van der Waals surface area contributed by atoms with Crippen LogP contribution in [0.4, 0.5) is 0 Å². The first kappa shape index (κ1) is 17.3. The van der Waals surface area contributed by atoms with Gasteiger partial charge in [0.05, 0.1) is 11.6 Å². The SMILES string of the molecule is C=CC(=C\C=C/C)/C(=N/Cc1ccnc2[nH]ccc12)SC(C)C. The summed E-state index contributed by atoms with van der Waals surface area (Å²) >= 11 is 1.76. The maximum atomic E-state index is 4.85. The first-order chi connectivity index (χ1) is 11.2. The molecule has 2 heterocycles. The number of H-pyrrole nitrogens is 1. The molecule has 0 atom stereocenters. The number of hydrogen-bond acceptors (Lipinski definition) is 3. The zero-order valence-corrected chi connectivity index (χ0v) is 14.7. The molecule has 0 fully saturated rings. The number of aromatic amines is 1. The zero-order chi connectivity index (χ0) is 16.7. The number of nitrogens with one attached hydrogen (secondary N) is 1. The quantitative estimate of drug-likeness (QED) is 0.445. The Morgan fingerprint density at radius 3 is 2.96 bits per heavy atom. The zero-order valence-electron chi connectivity index (χ0n) is 13.9. The molecule has 2 rings (SSSR count). The minimum Gasteiger partial charge on any atom is -0.346 e. The number of allylic oxidation sites excluding steroid dienone is 4. The van der Waals surface area contributed by atoms with Crippen molar-refractivity contribution in [3.8, 4) is 0 Å². The first-order valence-electron chi connectivity index (χ1n) is 7.73. The lowest BCUT2D eigenvalue weighted by Gasteiger charge is -2.10. The van der Waals surface area contributed by atoms with Crippen LogP contribution < -0.4 is 0 Å². The van der Waals surface area contributed by atoms with Gasteiger partial charge in [-0.15, -0.1) is 11.8 Å². The molecule has 0 aliphatic carbocycles. The third kappa shape index (κ3) is 4.70. The van der Waals surface area contributed by atoms with Gasteiger partial charge in [-0.25, -0.2) is 4.98 Å². The molecule has 3 nitrogen and oxygen atoms in total. The van der Waals surface area contributed by atoms with Crippen molar-refractivity contribution < 1.29 is 0 Å². The first-order valence-corrected chi connectivity index (χ1v) is 8.61. The van der Waals surface area contributed by atoms with E-state index >= 15 is 0 Å². The van der Waals surface area contributed by atoms with Gasteiger partial charge < -0.3 is 4.98 Å². The fraction of sp³-hybridized carbons (Fsp3) is 0.263.